The molecule has 57 heavy (non-hydrogen) atoms. The summed E-state index contributed by atoms with van der Waals surface area (Å²) >= 11 is 0. The summed E-state index contributed by atoms with van der Waals surface area (Å²) < 4.78 is 0. The van der Waals surface area contributed by atoms with Crippen molar-refractivity contribution in [3.63, 3.8) is 0 Å². The lowest BCUT2D eigenvalue weighted by Crippen LogP contribution is -2.09. The van der Waals surface area contributed by atoms with E-state index in [9.17, 15) is 0 Å². The quantitative estimate of drug-likeness (QED) is 0.146. The van der Waals surface area contributed by atoms with Gasteiger partial charge < -0.3 is 4.90 Å². The highest BCUT2D eigenvalue weighted by Crippen LogP contribution is 2.38. The zero-order valence-corrected chi connectivity index (χ0v) is 31.2. The van der Waals surface area contributed by atoms with Crippen molar-refractivity contribution in [2.75, 3.05) is 4.90 Å². The smallest absolute Gasteiger partial charge is 0.0973 e. The van der Waals surface area contributed by atoms with E-state index in [2.05, 4.69) is 217 Å². The number of anilines is 3. The summed E-state index contributed by atoms with van der Waals surface area (Å²) in [5, 5.41) is 2.23. The molecule has 0 saturated carbocycles. The zero-order chi connectivity index (χ0) is 38.0. The van der Waals surface area contributed by atoms with Crippen LogP contribution < -0.4 is 4.90 Å². The van der Waals surface area contributed by atoms with E-state index in [0.717, 1.165) is 72.5 Å². The fourth-order valence-corrected chi connectivity index (χ4v) is 7.73. The fraction of sp³-hybridized carbons (Fsp3) is 0. The summed E-state index contributed by atoms with van der Waals surface area (Å²) in [6.07, 6.45) is 0. The van der Waals surface area contributed by atoms with Crippen molar-refractivity contribution in [1.29, 1.82) is 0 Å². The topological polar surface area (TPSA) is 29.0 Å². The van der Waals surface area contributed by atoms with Crippen LogP contribution in [0, 0.1) is 0 Å². The molecule has 0 fully saturated rings. The average molecular weight is 728 g/mol. The van der Waals surface area contributed by atoms with Crippen LogP contribution in [0.2, 0.25) is 0 Å². The predicted molar refractivity (Wildman–Crippen MR) is 239 cm³/mol. The number of aromatic nitrogens is 2. The Labute approximate surface area is 332 Å². The van der Waals surface area contributed by atoms with Gasteiger partial charge in [-0.2, -0.15) is 0 Å². The van der Waals surface area contributed by atoms with Crippen LogP contribution >= 0.6 is 0 Å². The fourth-order valence-electron chi connectivity index (χ4n) is 7.73. The number of benzene rings is 9. The van der Waals surface area contributed by atoms with E-state index in [4.69, 9.17) is 9.97 Å². The first-order valence-electron chi connectivity index (χ1n) is 19.3. The lowest BCUT2D eigenvalue weighted by molar-refractivity contribution is 1.28. The molecular formula is C54H37N3. The van der Waals surface area contributed by atoms with Crippen molar-refractivity contribution in [2.45, 2.75) is 0 Å². The Kier molecular flexibility index (Phi) is 8.86. The second-order valence-corrected chi connectivity index (χ2v) is 14.2. The first-order valence-corrected chi connectivity index (χ1v) is 19.3. The SMILES string of the molecule is c1ccc(-c2ccc(N(c3ccccc3)c3ccc(-c4ccc(-c5ccc6ccc7nc(-c8ccccc8)c(-c8ccccc8)nc7c6c5)cc4)cc3)cc2)cc1. The van der Waals surface area contributed by atoms with Gasteiger partial charge in [-0.05, 0) is 87.3 Å². The highest BCUT2D eigenvalue weighted by molar-refractivity contribution is 6.07. The molecule has 0 aliphatic heterocycles. The van der Waals surface area contributed by atoms with Crippen molar-refractivity contribution < 1.29 is 0 Å². The van der Waals surface area contributed by atoms with E-state index in [0.29, 0.717) is 0 Å². The molecule has 0 radical (unpaired) electrons. The number of para-hydroxylation sites is 1. The minimum absolute atomic E-state index is 0.881. The van der Waals surface area contributed by atoms with Crippen LogP contribution in [0.25, 0.3) is 77.7 Å². The van der Waals surface area contributed by atoms with Gasteiger partial charge in [0.2, 0.25) is 0 Å². The van der Waals surface area contributed by atoms with Crippen molar-refractivity contribution in [2.24, 2.45) is 0 Å². The van der Waals surface area contributed by atoms with Crippen LogP contribution in [0.4, 0.5) is 17.1 Å². The van der Waals surface area contributed by atoms with Crippen molar-refractivity contribution >= 4 is 38.9 Å². The first-order chi connectivity index (χ1) is 28.2. The standard InChI is InChI=1S/C54H37N3/c1-5-13-38(14-6-1)40-27-32-48(33-28-40)57(47-19-11-4-12-20-47)49-34-29-41(30-35-49)39-21-23-42(24-22-39)46-26-25-43-31-36-51-54(50(43)37-46)56-53(45-17-9-3-10-18-45)52(55-51)44-15-7-2-8-16-44/h1-37H. The largest absolute Gasteiger partial charge is 0.311 e. The maximum atomic E-state index is 5.35. The molecule has 0 aliphatic carbocycles. The summed E-state index contributed by atoms with van der Waals surface area (Å²) in [6, 6.07) is 79.2. The molecule has 1 aromatic heterocycles. The Hall–Kier alpha value is -7.62. The van der Waals surface area contributed by atoms with E-state index in [1.165, 1.54) is 22.3 Å². The van der Waals surface area contributed by atoms with E-state index in [1.54, 1.807) is 0 Å². The molecule has 0 atom stereocenters. The lowest BCUT2D eigenvalue weighted by Gasteiger charge is -2.26. The van der Waals surface area contributed by atoms with Gasteiger partial charge in [0.25, 0.3) is 0 Å². The van der Waals surface area contributed by atoms with Crippen molar-refractivity contribution in [3.8, 4) is 55.9 Å². The molecule has 3 nitrogen and oxygen atoms in total. The van der Waals surface area contributed by atoms with Crippen LogP contribution in [0.3, 0.4) is 0 Å². The Bertz CT molecular complexity index is 2950. The van der Waals surface area contributed by atoms with E-state index < -0.39 is 0 Å². The molecule has 9 aromatic carbocycles. The second kappa shape index (κ2) is 14.9. The summed E-state index contributed by atoms with van der Waals surface area (Å²) in [5.74, 6) is 0. The molecule has 0 amide bonds. The van der Waals surface area contributed by atoms with Gasteiger partial charge in [0.15, 0.2) is 0 Å². The van der Waals surface area contributed by atoms with Gasteiger partial charge in [-0.1, -0.05) is 176 Å². The summed E-state index contributed by atoms with van der Waals surface area (Å²) in [5.41, 5.74) is 16.0. The Morgan fingerprint density at radius 1 is 0.281 bits per heavy atom. The molecule has 0 N–H and O–H groups in total. The molecule has 0 spiro atoms. The average Bonchev–Trinajstić information content (AvgIpc) is 3.30. The van der Waals surface area contributed by atoms with E-state index in [-0.39, 0.29) is 0 Å². The third-order valence-electron chi connectivity index (χ3n) is 10.7. The maximum absolute atomic E-state index is 5.35. The number of nitrogens with zero attached hydrogens (tertiary/aromatic N) is 3. The second-order valence-electron chi connectivity index (χ2n) is 14.2. The molecule has 10 aromatic rings. The van der Waals surface area contributed by atoms with Crippen LogP contribution in [0.5, 0.6) is 0 Å². The van der Waals surface area contributed by atoms with Gasteiger partial charge in [0.1, 0.15) is 0 Å². The molecule has 268 valence electrons. The molecule has 3 heteroatoms. The third kappa shape index (κ3) is 6.73. The van der Waals surface area contributed by atoms with E-state index >= 15 is 0 Å². The normalized spacial score (nSPS) is 11.2. The van der Waals surface area contributed by atoms with Crippen molar-refractivity contribution in [1.82, 2.24) is 9.97 Å². The Morgan fingerprint density at radius 2 is 0.649 bits per heavy atom. The van der Waals surface area contributed by atoms with Gasteiger partial charge in [0.05, 0.1) is 22.4 Å². The molecule has 0 saturated heterocycles. The minimum Gasteiger partial charge on any atom is -0.311 e. The molecular weight excluding hydrogens is 691 g/mol. The maximum Gasteiger partial charge on any atom is 0.0973 e. The molecule has 0 aliphatic rings. The predicted octanol–water partition coefficient (Wildman–Crippen LogP) is 14.6. The van der Waals surface area contributed by atoms with Crippen molar-refractivity contribution in [3.05, 3.63) is 224 Å². The van der Waals surface area contributed by atoms with Crippen LogP contribution in [0.15, 0.2) is 224 Å². The molecule has 10 rings (SSSR count). The Balaban J connectivity index is 0.964. The number of hydrogen-bond donors (Lipinski definition) is 0. The molecule has 0 unspecified atom stereocenters. The van der Waals surface area contributed by atoms with Crippen LogP contribution in [-0.4, -0.2) is 9.97 Å². The minimum atomic E-state index is 0.881. The number of rotatable bonds is 8. The third-order valence-corrected chi connectivity index (χ3v) is 10.7. The molecule has 0 bridgehead atoms. The zero-order valence-electron chi connectivity index (χ0n) is 31.2. The lowest BCUT2D eigenvalue weighted by atomic mass is 9.97. The van der Waals surface area contributed by atoms with Gasteiger partial charge in [-0.3, -0.25) is 0 Å². The summed E-state index contributed by atoms with van der Waals surface area (Å²) in [6.45, 7) is 0. The highest BCUT2D eigenvalue weighted by atomic mass is 15.1. The van der Waals surface area contributed by atoms with Gasteiger partial charge in [0, 0.05) is 33.6 Å². The number of hydrogen-bond acceptors (Lipinski definition) is 3. The Morgan fingerprint density at radius 3 is 1.18 bits per heavy atom. The van der Waals surface area contributed by atoms with Crippen LogP contribution in [-0.2, 0) is 0 Å². The molecule has 1 heterocycles. The monoisotopic (exact) mass is 727 g/mol. The van der Waals surface area contributed by atoms with E-state index in [1.807, 2.05) is 12.1 Å². The van der Waals surface area contributed by atoms with Gasteiger partial charge in [-0.25, -0.2) is 9.97 Å². The summed E-state index contributed by atoms with van der Waals surface area (Å²) in [7, 11) is 0. The van der Waals surface area contributed by atoms with Gasteiger partial charge in [-0.15, -0.1) is 0 Å². The highest BCUT2D eigenvalue weighted by Gasteiger charge is 2.16. The summed E-state index contributed by atoms with van der Waals surface area (Å²) in [4.78, 5) is 12.9. The first kappa shape index (κ1) is 33.9. The number of fused-ring (bicyclic) bond motifs is 3. The van der Waals surface area contributed by atoms with Gasteiger partial charge >= 0.3 is 0 Å². The van der Waals surface area contributed by atoms with Crippen LogP contribution in [0.1, 0.15) is 0 Å².